The Morgan fingerprint density at radius 1 is 1.00 bits per heavy atom. The molecule has 0 heterocycles. The van der Waals surface area contributed by atoms with E-state index in [1.807, 2.05) is 18.2 Å². The Morgan fingerprint density at radius 3 is 2.37 bits per heavy atom. The molecule has 19 heavy (non-hydrogen) atoms. The Bertz CT molecular complexity index is 484. The number of nitrogens with one attached hydrogen (secondary N) is 1. The van der Waals surface area contributed by atoms with Gasteiger partial charge in [-0.3, -0.25) is 0 Å². The lowest BCUT2D eigenvalue weighted by Gasteiger charge is -2.12. The maximum Gasteiger partial charge on any atom is 0.123 e. The number of aliphatic hydroxyl groups is 1. The molecule has 0 saturated heterocycles. The molecule has 2 nitrogen and oxygen atoms in total. The number of hydrogen-bond donors (Lipinski definition) is 2. The molecule has 0 bridgehead atoms. The van der Waals surface area contributed by atoms with Crippen molar-refractivity contribution in [2.45, 2.75) is 12.5 Å². The van der Waals surface area contributed by atoms with Crippen LogP contribution in [0.15, 0.2) is 54.6 Å². The lowest BCUT2D eigenvalue weighted by Crippen LogP contribution is -2.23. The zero-order chi connectivity index (χ0) is 13.5. The summed E-state index contributed by atoms with van der Waals surface area (Å²) in [6.45, 7) is 1.28. The summed E-state index contributed by atoms with van der Waals surface area (Å²) in [6, 6.07) is 16.1. The van der Waals surface area contributed by atoms with Crippen molar-refractivity contribution < 1.29 is 9.50 Å². The highest BCUT2D eigenvalue weighted by atomic mass is 19.1. The fraction of sp³-hybridized carbons (Fsp3) is 0.250. The second kappa shape index (κ2) is 7.02. The number of benzene rings is 2. The molecule has 0 saturated carbocycles. The van der Waals surface area contributed by atoms with E-state index >= 15 is 0 Å². The summed E-state index contributed by atoms with van der Waals surface area (Å²) in [5.74, 6) is -0.284. The molecule has 0 aliphatic heterocycles. The summed E-state index contributed by atoms with van der Waals surface area (Å²) in [4.78, 5) is 0. The van der Waals surface area contributed by atoms with Crippen LogP contribution in [0.4, 0.5) is 4.39 Å². The summed E-state index contributed by atoms with van der Waals surface area (Å²) in [5.41, 5.74) is 2.00. The predicted octanol–water partition coefficient (Wildman–Crippen LogP) is 2.69. The zero-order valence-corrected chi connectivity index (χ0v) is 10.7. The Labute approximate surface area is 112 Å². The van der Waals surface area contributed by atoms with E-state index in [0.717, 1.165) is 18.5 Å². The molecule has 2 aromatic carbocycles. The summed E-state index contributed by atoms with van der Waals surface area (Å²) in [6.07, 6.45) is 0.327. The van der Waals surface area contributed by atoms with Gasteiger partial charge in [-0.25, -0.2) is 4.39 Å². The third-order valence-electron chi connectivity index (χ3n) is 3.03. The van der Waals surface area contributed by atoms with E-state index in [2.05, 4.69) is 17.4 Å². The van der Waals surface area contributed by atoms with Crippen molar-refractivity contribution in [2.24, 2.45) is 0 Å². The van der Waals surface area contributed by atoms with E-state index in [0.29, 0.717) is 6.54 Å². The average Bonchev–Trinajstić information content (AvgIpc) is 2.45. The first-order valence-electron chi connectivity index (χ1n) is 6.44. The molecule has 2 aromatic rings. The molecule has 3 heteroatoms. The van der Waals surface area contributed by atoms with Gasteiger partial charge in [0.25, 0.3) is 0 Å². The van der Waals surface area contributed by atoms with Crippen LogP contribution < -0.4 is 5.32 Å². The third-order valence-corrected chi connectivity index (χ3v) is 3.03. The maximum atomic E-state index is 12.7. The monoisotopic (exact) mass is 259 g/mol. The molecule has 0 spiro atoms. The highest BCUT2D eigenvalue weighted by molar-refractivity contribution is 5.19. The molecule has 0 fully saturated rings. The average molecular weight is 259 g/mol. The van der Waals surface area contributed by atoms with Crippen LogP contribution in [-0.2, 0) is 6.42 Å². The van der Waals surface area contributed by atoms with Crippen molar-refractivity contribution >= 4 is 0 Å². The molecule has 100 valence electrons. The van der Waals surface area contributed by atoms with Crippen LogP contribution in [0.1, 0.15) is 17.2 Å². The summed E-state index contributed by atoms with van der Waals surface area (Å²) in [7, 11) is 0. The van der Waals surface area contributed by atoms with Crippen LogP contribution in [0.25, 0.3) is 0 Å². The first-order chi connectivity index (χ1) is 9.25. The lowest BCUT2D eigenvalue weighted by atomic mass is 10.1. The molecule has 0 aliphatic carbocycles. The van der Waals surface area contributed by atoms with E-state index < -0.39 is 6.10 Å². The van der Waals surface area contributed by atoms with Gasteiger partial charge in [0.2, 0.25) is 0 Å². The minimum Gasteiger partial charge on any atom is -0.387 e. The number of aliphatic hydroxyl groups excluding tert-OH is 1. The van der Waals surface area contributed by atoms with E-state index in [9.17, 15) is 9.50 Å². The van der Waals surface area contributed by atoms with Gasteiger partial charge in [-0.2, -0.15) is 0 Å². The van der Waals surface area contributed by atoms with Gasteiger partial charge < -0.3 is 10.4 Å². The van der Waals surface area contributed by atoms with Gasteiger partial charge >= 0.3 is 0 Å². The van der Waals surface area contributed by atoms with Gasteiger partial charge in [0, 0.05) is 6.54 Å². The SMILES string of the molecule is O[C@H](CNCCc1ccccc1)c1ccc(F)cc1. The second-order valence-electron chi connectivity index (χ2n) is 4.51. The number of hydrogen-bond acceptors (Lipinski definition) is 2. The predicted molar refractivity (Wildman–Crippen MR) is 74.4 cm³/mol. The van der Waals surface area contributed by atoms with Gasteiger partial charge in [0.1, 0.15) is 5.82 Å². The quantitative estimate of drug-likeness (QED) is 0.782. The van der Waals surface area contributed by atoms with E-state index in [-0.39, 0.29) is 5.82 Å². The van der Waals surface area contributed by atoms with E-state index in [1.165, 1.54) is 17.7 Å². The molecule has 0 unspecified atom stereocenters. The molecule has 0 radical (unpaired) electrons. The van der Waals surface area contributed by atoms with Crippen molar-refractivity contribution in [3.63, 3.8) is 0 Å². The van der Waals surface area contributed by atoms with E-state index in [4.69, 9.17) is 0 Å². The fourth-order valence-electron chi connectivity index (χ4n) is 1.92. The summed E-state index contributed by atoms with van der Waals surface area (Å²) < 4.78 is 12.7. The molecule has 2 rings (SSSR count). The first-order valence-corrected chi connectivity index (χ1v) is 6.44. The lowest BCUT2D eigenvalue weighted by molar-refractivity contribution is 0.175. The van der Waals surface area contributed by atoms with Crippen molar-refractivity contribution in [2.75, 3.05) is 13.1 Å². The van der Waals surface area contributed by atoms with Crippen LogP contribution in [0.2, 0.25) is 0 Å². The Balaban J connectivity index is 1.72. The van der Waals surface area contributed by atoms with Crippen LogP contribution in [0, 0.1) is 5.82 Å². The molecular weight excluding hydrogens is 241 g/mol. The minimum absolute atomic E-state index is 0.284. The second-order valence-corrected chi connectivity index (χ2v) is 4.51. The largest absolute Gasteiger partial charge is 0.387 e. The molecule has 0 aliphatic rings. The van der Waals surface area contributed by atoms with Gasteiger partial charge in [-0.1, -0.05) is 42.5 Å². The van der Waals surface area contributed by atoms with Crippen molar-refractivity contribution in [1.82, 2.24) is 5.32 Å². The first kappa shape index (κ1) is 13.7. The van der Waals surface area contributed by atoms with Crippen molar-refractivity contribution in [1.29, 1.82) is 0 Å². The highest BCUT2D eigenvalue weighted by Gasteiger charge is 2.06. The maximum absolute atomic E-state index is 12.7. The van der Waals surface area contributed by atoms with Crippen LogP contribution in [0.5, 0.6) is 0 Å². The molecule has 2 N–H and O–H groups in total. The molecule has 1 atom stereocenters. The molecule has 0 amide bonds. The van der Waals surface area contributed by atoms with Crippen molar-refractivity contribution in [3.8, 4) is 0 Å². The summed E-state index contributed by atoms with van der Waals surface area (Å²) >= 11 is 0. The van der Waals surface area contributed by atoms with Crippen molar-refractivity contribution in [3.05, 3.63) is 71.5 Å². The van der Waals surface area contributed by atoms with Crippen LogP contribution >= 0.6 is 0 Å². The normalized spacial score (nSPS) is 12.3. The standard InChI is InChI=1S/C16H18FNO/c17-15-8-6-14(7-9-15)16(19)12-18-11-10-13-4-2-1-3-5-13/h1-9,16,18-19H,10-12H2/t16-/m1/s1. The van der Waals surface area contributed by atoms with Gasteiger partial charge in [0.15, 0.2) is 0 Å². The Kier molecular flexibility index (Phi) is 5.07. The molecular formula is C16H18FNO. The van der Waals surface area contributed by atoms with Gasteiger partial charge in [-0.15, -0.1) is 0 Å². The minimum atomic E-state index is -0.601. The van der Waals surface area contributed by atoms with Gasteiger partial charge in [-0.05, 0) is 36.2 Å². The smallest absolute Gasteiger partial charge is 0.123 e. The summed E-state index contributed by atoms with van der Waals surface area (Å²) in [5, 5.41) is 13.1. The molecule has 0 aromatic heterocycles. The highest BCUT2D eigenvalue weighted by Crippen LogP contribution is 2.12. The van der Waals surface area contributed by atoms with Crippen LogP contribution in [-0.4, -0.2) is 18.2 Å². The fourth-order valence-corrected chi connectivity index (χ4v) is 1.92. The van der Waals surface area contributed by atoms with E-state index in [1.54, 1.807) is 12.1 Å². The topological polar surface area (TPSA) is 32.3 Å². The zero-order valence-electron chi connectivity index (χ0n) is 10.7. The Hall–Kier alpha value is -1.71. The van der Waals surface area contributed by atoms with Gasteiger partial charge in [0.05, 0.1) is 6.10 Å². The third kappa shape index (κ3) is 4.47. The number of rotatable bonds is 6. The Morgan fingerprint density at radius 2 is 1.68 bits per heavy atom. The number of halogens is 1. The van der Waals surface area contributed by atoms with Crippen LogP contribution in [0.3, 0.4) is 0 Å².